The highest BCUT2D eigenvalue weighted by Crippen LogP contribution is 2.29. The Balaban J connectivity index is 1.93. The van der Waals surface area contributed by atoms with E-state index in [1.807, 2.05) is 31.2 Å². The number of nitrogens with zero attached hydrogens (tertiary/aromatic N) is 2. The van der Waals surface area contributed by atoms with Gasteiger partial charge in [-0.1, -0.05) is 18.2 Å². The van der Waals surface area contributed by atoms with Crippen molar-refractivity contribution in [1.29, 1.82) is 0 Å². The van der Waals surface area contributed by atoms with Gasteiger partial charge in [0.05, 0.1) is 11.1 Å². The molecule has 104 valence electrons. The molecule has 2 aromatic heterocycles. The fraction of sp³-hybridized carbons (Fsp3) is 0.0625. The van der Waals surface area contributed by atoms with Crippen LogP contribution in [0.1, 0.15) is 15.9 Å². The molecule has 2 heterocycles. The number of hydrogen-bond donors (Lipinski definition) is 1. The van der Waals surface area contributed by atoms with Crippen LogP contribution in [0.15, 0.2) is 58.7 Å². The van der Waals surface area contributed by atoms with Crippen LogP contribution in [0.2, 0.25) is 0 Å². The van der Waals surface area contributed by atoms with E-state index in [-0.39, 0.29) is 5.56 Å². The highest BCUT2D eigenvalue weighted by atomic mass is 32.2. The van der Waals surface area contributed by atoms with E-state index in [0.29, 0.717) is 0 Å². The van der Waals surface area contributed by atoms with Gasteiger partial charge in [0.15, 0.2) is 0 Å². The summed E-state index contributed by atoms with van der Waals surface area (Å²) >= 11 is 1.43. The van der Waals surface area contributed by atoms with Gasteiger partial charge in [-0.15, -0.1) is 0 Å². The van der Waals surface area contributed by atoms with Crippen LogP contribution in [-0.4, -0.2) is 21.0 Å². The number of benzene rings is 1. The van der Waals surface area contributed by atoms with E-state index in [1.54, 1.807) is 12.1 Å². The maximum absolute atomic E-state index is 10.8. The summed E-state index contributed by atoms with van der Waals surface area (Å²) in [5, 5.41) is 11.6. The van der Waals surface area contributed by atoms with Crippen molar-refractivity contribution in [1.82, 2.24) is 9.97 Å². The number of carboxylic acids is 1. The summed E-state index contributed by atoms with van der Waals surface area (Å²) in [4.78, 5) is 19.6. The van der Waals surface area contributed by atoms with E-state index in [2.05, 4.69) is 16.0 Å². The van der Waals surface area contributed by atoms with Crippen LogP contribution >= 0.6 is 11.8 Å². The monoisotopic (exact) mass is 296 g/mol. The Morgan fingerprint density at radius 1 is 1.19 bits per heavy atom. The van der Waals surface area contributed by atoms with Gasteiger partial charge in [-0.05, 0) is 48.5 Å². The number of para-hydroxylation sites is 1. The van der Waals surface area contributed by atoms with E-state index < -0.39 is 5.97 Å². The molecule has 0 saturated heterocycles. The summed E-state index contributed by atoms with van der Waals surface area (Å²) < 4.78 is 0. The molecule has 5 heteroatoms. The lowest BCUT2D eigenvalue weighted by atomic mass is 10.2. The first-order valence-electron chi connectivity index (χ1n) is 6.37. The Hall–Kier alpha value is -2.40. The zero-order chi connectivity index (χ0) is 14.8. The van der Waals surface area contributed by atoms with Crippen molar-refractivity contribution < 1.29 is 9.90 Å². The molecule has 0 atom stereocenters. The van der Waals surface area contributed by atoms with E-state index >= 15 is 0 Å². The Labute approximate surface area is 125 Å². The fourth-order valence-corrected chi connectivity index (χ4v) is 2.78. The third-order valence-electron chi connectivity index (χ3n) is 3.05. The molecule has 4 nitrogen and oxygen atoms in total. The number of aromatic nitrogens is 2. The van der Waals surface area contributed by atoms with Crippen LogP contribution in [0.5, 0.6) is 0 Å². The number of carboxylic acid groups (broad SMARTS) is 1. The average Bonchev–Trinajstić information content (AvgIpc) is 2.48. The van der Waals surface area contributed by atoms with E-state index in [4.69, 9.17) is 5.11 Å². The SMILES string of the molecule is Cc1cc2ccccc2nc1Sc1ccc(C(=O)O)cn1. The lowest BCUT2D eigenvalue weighted by molar-refractivity contribution is 0.0696. The molecule has 3 rings (SSSR count). The van der Waals surface area contributed by atoms with E-state index in [0.717, 1.165) is 26.5 Å². The molecule has 0 aliphatic heterocycles. The minimum atomic E-state index is -0.973. The molecule has 0 fully saturated rings. The highest BCUT2D eigenvalue weighted by Gasteiger charge is 2.08. The Bertz CT molecular complexity index is 816. The van der Waals surface area contributed by atoms with Crippen LogP contribution in [-0.2, 0) is 0 Å². The number of rotatable bonds is 3. The van der Waals surface area contributed by atoms with E-state index in [9.17, 15) is 4.79 Å². The molecule has 0 amide bonds. The van der Waals surface area contributed by atoms with Crippen LogP contribution in [0.3, 0.4) is 0 Å². The number of fused-ring (bicyclic) bond motifs is 1. The van der Waals surface area contributed by atoms with Crippen molar-refractivity contribution >= 4 is 28.6 Å². The van der Waals surface area contributed by atoms with Crippen molar-refractivity contribution in [2.24, 2.45) is 0 Å². The number of aromatic carboxylic acids is 1. The second-order valence-electron chi connectivity index (χ2n) is 4.60. The smallest absolute Gasteiger partial charge is 0.337 e. The van der Waals surface area contributed by atoms with Gasteiger partial charge in [-0.3, -0.25) is 0 Å². The standard InChI is InChI=1S/C16H12N2O2S/c1-10-8-11-4-2-3-5-13(11)18-15(10)21-14-7-6-12(9-17-14)16(19)20/h2-9H,1H3,(H,19,20). The van der Waals surface area contributed by atoms with Gasteiger partial charge in [0.25, 0.3) is 0 Å². The van der Waals surface area contributed by atoms with Gasteiger partial charge in [0.1, 0.15) is 10.1 Å². The molecular formula is C16H12N2O2S. The molecule has 0 radical (unpaired) electrons. The van der Waals surface area contributed by atoms with Crippen LogP contribution < -0.4 is 0 Å². The lowest BCUT2D eigenvalue weighted by Gasteiger charge is -2.06. The third kappa shape index (κ3) is 2.87. The van der Waals surface area contributed by atoms with Crippen molar-refractivity contribution in [2.75, 3.05) is 0 Å². The number of pyridine rings is 2. The topological polar surface area (TPSA) is 63.1 Å². The zero-order valence-electron chi connectivity index (χ0n) is 11.3. The number of carbonyl (C=O) groups is 1. The Morgan fingerprint density at radius 2 is 2.00 bits per heavy atom. The summed E-state index contributed by atoms with van der Waals surface area (Å²) in [5.41, 5.74) is 2.19. The summed E-state index contributed by atoms with van der Waals surface area (Å²) in [6.07, 6.45) is 1.36. The first kappa shape index (κ1) is 13.6. The van der Waals surface area contributed by atoms with Crippen molar-refractivity contribution in [3.8, 4) is 0 Å². The minimum absolute atomic E-state index is 0.183. The van der Waals surface area contributed by atoms with Crippen LogP contribution in [0.25, 0.3) is 10.9 Å². The first-order chi connectivity index (χ1) is 10.1. The zero-order valence-corrected chi connectivity index (χ0v) is 12.1. The summed E-state index contributed by atoms with van der Waals surface area (Å²) in [6, 6.07) is 13.3. The van der Waals surface area contributed by atoms with Crippen LogP contribution in [0.4, 0.5) is 0 Å². The maximum atomic E-state index is 10.8. The van der Waals surface area contributed by atoms with Gasteiger partial charge in [-0.2, -0.15) is 0 Å². The van der Waals surface area contributed by atoms with Crippen molar-refractivity contribution in [2.45, 2.75) is 17.0 Å². The molecule has 0 unspecified atom stereocenters. The predicted molar refractivity (Wildman–Crippen MR) is 81.8 cm³/mol. The largest absolute Gasteiger partial charge is 0.478 e. The quantitative estimate of drug-likeness (QED) is 0.796. The van der Waals surface area contributed by atoms with Gasteiger partial charge >= 0.3 is 5.97 Å². The lowest BCUT2D eigenvalue weighted by Crippen LogP contribution is -1.97. The fourth-order valence-electron chi connectivity index (χ4n) is 1.97. The maximum Gasteiger partial charge on any atom is 0.337 e. The van der Waals surface area contributed by atoms with E-state index in [1.165, 1.54) is 18.0 Å². The van der Waals surface area contributed by atoms with Crippen LogP contribution in [0, 0.1) is 6.92 Å². The molecule has 1 N–H and O–H groups in total. The molecule has 0 bridgehead atoms. The Morgan fingerprint density at radius 3 is 2.71 bits per heavy atom. The molecule has 3 aromatic rings. The second-order valence-corrected chi connectivity index (χ2v) is 5.60. The minimum Gasteiger partial charge on any atom is -0.478 e. The van der Waals surface area contributed by atoms with Gasteiger partial charge < -0.3 is 5.11 Å². The molecular weight excluding hydrogens is 284 g/mol. The number of aryl methyl sites for hydroxylation is 1. The molecule has 0 aliphatic rings. The average molecular weight is 296 g/mol. The summed E-state index contributed by atoms with van der Waals surface area (Å²) in [6.45, 7) is 2.01. The molecule has 0 spiro atoms. The first-order valence-corrected chi connectivity index (χ1v) is 7.19. The van der Waals surface area contributed by atoms with Gasteiger partial charge in [0, 0.05) is 11.6 Å². The molecule has 1 aromatic carbocycles. The highest BCUT2D eigenvalue weighted by molar-refractivity contribution is 7.99. The van der Waals surface area contributed by atoms with Gasteiger partial charge in [0.2, 0.25) is 0 Å². The number of hydrogen-bond acceptors (Lipinski definition) is 4. The van der Waals surface area contributed by atoms with Crippen molar-refractivity contribution in [3.63, 3.8) is 0 Å². The van der Waals surface area contributed by atoms with Gasteiger partial charge in [-0.25, -0.2) is 14.8 Å². The second kappa shape index (κ2) is 5.54. The predicted octanol–water partition coefficient (Wildman–Crippen LogP) is 3.79. The molecule has 21 heavy (non-hydrogen) atoms. The summed E-state index contributed by atoms with van der Waals surface area (Å²) in [7, 11) is 0. The third-order valence-corrected chi connectivity index (χ3v) is 4.11. The normalized spacial score (nSPS) is 10.7. The van der Waals surface area contributed by atoms with Crippen molar-refractivity contribution in [3.05, 3.63) is 59.8 Å². The Kier molecular flexibility index (Phi) is 3.58. The molecule has 0 saturated carbocycles. The summed E-state index contributed by atoms with van der Waals surface area (Å²) in [5.74, 6) is -0.973. The molecule has 0 aliphatic carbocycles.